The van der Waals surface area contributed by atoms with Crippen molar-refractivity contribution in [2.24, 2.45) is 21.8 Å². The van der Waals surface area contributed by atoms with Crippen LogP contribution in [-0.4, -0.2) is 122 Å². The highest BCUT2D eigenvalue weighted by Gasteiger charge is 2.45. The van der Waals surface area contributed by atoms with Gasteiger partial charge in [-0.2, -0.15) is 25.1 Å². The van der Waals surface area contributed by atoms with Crippen molar-refractivity contribution < 1.29 is 34.2 Å². The van der Waals surface area contributed by atoms with Crippen molar-refractivity contribution in [2.75, 3.05) is 44.4 Å². The van der Waals surface area contributed by atoms with E-state index in [1.165, 1.54) is 10.1 Å². The second kappa shape index (κ2) is 15.2. The van der Waals surface area contributed by atoms with Gasteiger partial charge in [-0.25, -0.2) is 19.6 Å². The molecule has 3 aliphatic rings. The number of aromatic nitrogens is 3. The smallest absolute Gasteiger partial charge is 0.349 e. The van der Waals surface area contributed by atoms with E-state index >= 15 is 0 Å². The maximum absolute atomic E-state index is 12.5. The summed E-state index contributed by atoms with van der Waals surface area (Å²) < 4.78 is 16.3. The van der Waals surface area contributed by atoms with Crippen LogP contribution in [0.2, 0.25) is 0 Å². The summed E-state index contributed by atoms with van der Waals surface area (Å²) in [5.41, 5.74) is -1.50. The molecule has 0 aliphatic carbocycles. The van der Waals surface area contributed by atoms with Gasteiger partial charge in [0, 0.05) is 35.2 Å². The molecule has 0 atom stereocenters. The second-order valence-corrected chi connectivity index (χ2v) is 15.7. The molecule has 15 nitrogen and oxygen atoms in total. The third kappa shape index (κ3) is 9.97. The minimum absolute atomic E-state index is 0.0526. The molecule has 3 saturated heterocycles. The molecule has 0 bridgehead atoms. The summed E-state index contributed by atoms with van der Waals surface area (Å²) in [6, 6.07) is 0. The lowest BCUT2D eigenvalue weighted by Gasteiger charge is -2.51. The minimum Gasteiger partial charge on any atom is -0.461 e. The van der Waals surface area contributed by atoms with Gasteiger partial charge in [0.25, 0.3) is 11.9 Å². The van der Waals surface area contributed by atoms with Crippen LogP contribution in [-0.2, 0) is 23.8 Å². The van der Waals surface area contributed by atoms with Gasteiger partial charge >= 0.3 is 11.9 Å². The Kier molecular flexibility index (Phi) is 11.9. The van der Waals surface area contributed by atoms with Gasteiger partial charge in [0.15, 0.2) is 0 Å². The summed E-state index contributed by atoms with van der Waals surface area (Å²) in [5.74, 6) is -0.498. The van der Waals surface area contributed by atoms with Gasteiger partial charge in [0.1, 0.15) is 12.4 Å². The van der Waals surface area contributed by atoms with E-state index in [1.807, 2.05) is 60.3 Å². The van der Waals surface area contributed by atoms with E-state index in [1.54, 1.807) is 0 Å². The third-order valence-corrected chi connectivity index (χ3v) is 9.45. The molecule has 15 heteroatoms. The van der Waals surface area contributed by atoms with Gasteiger partial charge in [-0.15, -0.1) is 0 Å². The van der Waals surface area contributed by atoms with Crippen LogP contribution in [0, 0.1) is 11.8 Å². The highest BCUT2D eigenvalue weighted by Crippen LogP contribution is 2.42. The van der Waals surface area contributed by atoms with Crippen molar-refractivity contribution in [3.8, 4) is 0 Å². The van der Waals surface area contributed by atoms with Crippen LogP contribution in [0.5, 0.6) is 0 Å². The number of morpholine rings is 1. The van der Waals surface area contributed by atoms with Crippen molar-refractivity contribution in [3.05, 3.63) is 0 Å². The average molecular weight is 675 g/mol. The number of ether oxygens (including phenoxy) is 3. The van der Waals surface area contributed by atoms with Crippen molar-refractivity contribution >= 4 is 42.2 Å². The van der Waals surface area contributed by atoms with E-state index in [-0.39, 0.29) is 59.1 Å². The molecule has 48 heavy (non-hydrogen) atoms. The number of piperidine rings is 2. The molecule has 0 amide bonds. The Hall–Kier alpha value is -3.11. The average Bonchev–Trinajstić information content (AvgIpc) is 3.00. The molecule has 3 fully saturated rings. The molecular formula is C33H54N8O7. The fourth-order valence-corrected chi connectivity index (χ4v) is 7.67. The summed E-state index contributed by atoms with van der Waals surface area (Å²) in [6.07, 6.45) is 6.51. The molecule has 0 radical (unpaired) electrons. The zero-order valence-electron chi connectivity index (χ0n) is 29.8. The molecule has 3 aliphatic heterocycles. The largest absolute Gasteiger partial charge is 0.461 e. The quantitative estimate of drug-likeness (QED) is 0.251. The lowest BCUT2D eigenvalue weighted by molar-refractivity contribution is -0.251. The number of aliphatic imine (C=N–C) groups is 2. The summed E-state index contributed by atoms with van der Waals surface area (Å²) in [6.45, 7) is 18.6. The van der Waals surface area contributed by atoms with Crippen LogP contribution in [0.25, 0.3) is 0 Å². The predicted molar refractivity (Wildman–Crippen MR) is 179 cm³/mol. The van der Waals surface area contributed by atoms with Crippen LogP contribution in [0.3, 0.4) is 0 Å². The van der Waals surface area contributed by atoms with Crippen LogP contribution in [0.15, 0.2) is 9.98 Å². The van der Waals surface area contributed by atoms with Crippen molar-refractivity contribution in [1.29, 1.82) is 0 Å². The minimum atomic E-state index is -0.633. The van der Waals surface area contributed by atoms with E-state index in [9.17, 15) is 20.0 Å². The fraction of sp³-hybridized carbons (Fsp3) is 0.788. The highest BCUT2D eigenvalue weighted by molar-refractivity contribution is 6.24. The molecule has 1 aromatic rings. The number of carbonyl (C=O) groups is 2. The van der Waals surface area contributed by atoms with Crippen LogP contribution >= 0.6 is 0 Å². The molecular weight excluding hydrogens is 620 g/mol. The lowest BCUT2D eigenvalue weighted by Crippen LogP contribution is -2.59. The van der Waals surface area contributed by atoms with Crippen molar-refractivity contribution in [3.63, 3.8) is 0 Å². The normalized spacial score (nSPS) is 23.5. The van der Waals surface area contributed by atoms with Crippen LogP contribution < -0.4 is 4.90 Å². The molecule has 2 N–H and O–H groups in total. The molecule has 4 heterocycles. The van der Waals surface area contributed by atoms with Crippen molar-refractivity contribution in [2.45, 2.75) is 116 Å². The predicted octanol–water partition coefficient (Wildman–Crippen LogP) is 4.30. The van der Waals surface area contributed by atoms with Crippen LogP contribution in [0.4, 0.5) is 17.8 Å². The number of nitrogens with zero attached hydrogens (tertiary/aromatic N) is 8. The Morgan fingerprint density at radius 1 is 0.729 bits per heavy atom. The standard InChI is InChI=1S/C33H54N8O7/c1-30(2)17-23(18-31(3,4)40(30)44)9-13-47-25(42)21-34-27-36-28(38-29(37-27)39-11-15-46-16-12-39)35-22-26(43)48-14-10-24-19-32(5,6)41(45)33(7,8)20-24/h21-24,44-45H,9-20H2,1-8H3. The van der Waals surface area contributed by atoms with E-state index in [0.717, 1.165) is 38.1 Å². The van der Waals surface area contributed by atoms with Gasteiger partial charge in [0.2, 0.25) is 5.95 Å². The zero-order chi connectivity index (χ0) is 35.3. The Morgan fingerprint density at radius 2 is 1.10 bits per heavy atom. The second-order valence-electron chi connectivity index (χ2n) is 15.7. The molecule has 1 aromatic heterocycles. The fourth-order valence-electron chi connectivity index (χ4n) is 7.67. The van der Waals surface area contributed by atoms with Gasteiger partial charge in [0.05, 0.1) is 26.4 Å². The maximum Gasteiger partial charge on any atom is 0.349 e. The van der Waals surface area contributed by atoms with E-state index in [0.29, 0.717) is 45.1 Å². The van der Waals surface area contributed by atoms with Gasteiger partial charge < -0.3 is 29.5 Å². The number of hydrogen-bond acceptors (Lipinski definition) is 15. The maximum atomic E-state index is 12.5. The Bertz CT molecular complexity index is 1220. The molecule has 268 valence electrons. The Morgan fingerprint density at radius 3 is 1.48 bits per heavy atom. The Labute approximate surface area is 283 Å². The molecule has 4 rings (SSSR count). The summed E-state index contributed by atoms with van der Waals surface area (Å²) in [5, 5.41) is 23.9. The van der Waals surface area contributed by atoms with Gasteiger partial charge in [-0.05, 0) is 106 Å². The lowest BCUT2D eigenvalue weighted by atomic mass is 9.74. The monoisotopic (exact) mass is 674 g/mol. The number of rotatable bonds is 11. The molecule has 0 unspecified atom stereocenters. The van der Waals surface area contributed by atoms with Crippen molar-refractivity contribution in [1.82, 2.24) is 25.1 Å². The first-order valence-corrected chi connectivity index (χ1v) is 16.9. The van der Waals surface area contributed by atoms with Gasteiger partial charge in [-0.3, -0.25) is 0 Å². The summed E-state index contributed by atoms with van der Waals surface area (Å²) in [7, 11) is 0. The Balaban J connectivity index is 1.34. The first-order chi connectivity index (χ1) is 22.4. The third-order valence-electron chi connectivity index (χ3n) is 9.45. The topological polar surface area (TPSA) is 175 Å². The molecule has 0 aromatic carbocycles. The number of hydrogen-bond donors (Lipinski definition) is 2. The highest BCUT2D eigenvalue weighted by atomic mass is 16.5. The number of hydroxylamine groups is 4. The SMILES string of the molecule is CC1(C)CC(CCOC(=O)C=Nc2nc(N=CC(=O)OCCC3CC(C)(C)N(O)C(C)(C)C3)nc(N3CCOCC3)n2)CC(C)(C)N1O. The number of esters is 2. The first kappa shape index (κ1) is 37.7. The zero-order valence-corrected chi connectivity index (χ0v) is 29.8. The summed E-state index contributed by atoms with van der Waals surface area (Å²) >= 11 is 0. The van der Waals surface area contributed by atoms with E-state index < -0.39 is 11.9 Å². The van der Waals surface area contributed by atoms with E-state index in [2.05, 4.69) is 24.9 Å². The first-order valence-electron chi connectivity index (χ1n) is 16.9. The summed E-state index contributed by atoms with van der Waals surface area (Å²) in [4.78, 5) is 48.2. The van der Waals surface area contributed by atoms with Crippen LogP contribution in [0.1, 0.15) is 93.9 Å². The number of carbonyl (C=O) groups excluding carboxylic acids is 2. The number of anilines is 1. The van der Waals surface area contributed by atoms with E-state index in [4.69, 9.17) is 14.2 Å². The molecule has 0 spiro atoms. The molecule has 0 saturated carbocycles. The van der Waals surface area contributed by atoms with Gasteiger partial charge in [-0.1, -0.05) is 0 Å².